The van der Waals surface area contributed by atoms with Gasteiger partial charge in [0.1, 0.15) is 17.9 Å². The van der Waals surface area contributed by atoms with Gasteiger partial charge in [0.15, 0.2) is 6.61 Å². The van der Waals surface area contributed by atoms with Crippen LogP contribution < -0.4 is 10.6 Å². The van der Waals surface area contributed by atoms with Crippen LogP contribution in [0.3, 0.4) is 0 Å². The van der Waals surface area contributed by atoms with Crippen molar-refractivity contribution in [2.45, 2.75) is 38.1 Å². The maximum Gasteiger partial charge on any atom is 0.326 e. The third-order valence-electron chi connectivity index (χ3n) is 5.28. The lowest BCUT2D eigenvalue weighted by molar-refractivity contribution is -0.150. The molecule has 150 valence electrons. The van der Waals surface area contributed by atoms with Crippen LogP contribution in [0.4, 0.5) is 14.9 Å². The fourth-order valence-corrected chi connectivity index (χ4v) is 3.69. The largest absolute Gasteiger partial charge is 0.454 e. The first-order chi connectivity index (χ1) is 13.3. The van der Waals surface area contributed by atoms with Gasteiger partial charge in [-0.05, 0) is 43.0 Å². The molecular weight excluding hydrogens is 369 g/mol. The van der Waals surface area contributed by atoms with Gasteiger partial charge in [-0.2, -0.15) is 0 Å². The maximum atomic E-state index is 12.8. The Morgan fingerprint density at radius 1 is 1.29 bits per heavy atom. The predicted octanol–water partition coefficient (Wildman–Crippen LogP) is 1.81. The van der Waals surface area contributed by atoms with Gasteiger partial charge in [-0.25, -0.2) is 9.18 Å². The van der Waals surface area contributed by atoms with Gasteiger partial charge < -0.3 is 15.4 Å². The maximum absolute atomic E-state index is 12.8. The molecule has 28 heavy (non-hydrogen) atoms. The van der Waals surface area contributed by atoms with Crippen LogP contribution in [0.25, 0.3) is 0 Å². The van der Waals surface area contributed by atoms with E-state index in [4.69, 9.17) is 4.74 Å². The Bertz CT molecular complexity index is 797. The van der Waals surface area contributed by atoms with Crippen LogP contribution in [0, 0.1) is 11.7 Å². The molecule has 2 atom stereocenters. The molecule has 1 aliphatic carbocycles. The zero-order valence-corrected chi connectivity index (χ0v) is 15.5. The molecule has 2 N–H and O–H groups in total. The summed E-state index contributed by atoms with van der Waals surface area (Å²) < 4.78 is 17.7. The molecule has 1 heterocycles. The van der Waals surface area contributed by atoms with Crippen LogP contribution in [-0.2, 0) is 19.1 Å². The zero-order chi connectivity index (χ0) is 20.3. The van der Waals surface area contributed by atoms with Crippen LogP contribution in [-0.4, -0.2) is 47.4 Å². The smallest absolute Gasteiger partial charge is 0.326 e. The number of carbonyl (C=O) groups excluding carboxylic acids is 4. The van der Waals surface area contributed by atoms with Crippen molar-refractivity contribution in [2.24, 2.45) is 5.92 Å². The Morgan fingerprint density at radius 2 is 2.00 bits per heavy atom. The van der Waals surface area contributed by atoms with Gasteiger partial charge in [0, 0.05) is 5.69 Å². The third-order valence-corrected chi connectivity index (χ3v) is 5.28. The first kappa shape index (κ1) is 19.8. The van der Waals surface area contributed by atoms with Gasteiger partial charge in [0.25, 0.3) is 11.8 Å². The summed E-state index contributed by atoms with van der Waals surface area (Å²) in [6.07, 6.45) is 3.20. The molecule has 9 heteroatoms. The van der Waals surface area contributed by atoms with E-state index in [1.165, 1.54) is 24.3 Å². The quantitative estimate of drug-likeness (QED) is 0.588. The number of halogens is 1. The number of hydrogen-bond donors (Lipinski definition) is 2. The molecule has 4 amide bonds. The third kappa shape index (κ3) is 3.97. The Labute approximate surface area is 161 Å². The molecule has 1 aromatic rings. The molecule has 3 rings (SSSR count). The van der Waals surface area contributed by atoms with Crippen molar-refractivity contribution in [1.29, 1.82) is 0 Å². The molecule has 0 bridgehead atoms. The van der Waals surface area contributed by atoms with Crippen molar-refractivity contribution in [3.05, 3.63) is 30.1 Å². The van der Waals surface area contributed by atoms with Crippen LogP contribution in [0.15, 0.2) is 24.3 Å². The van der Waals surface area contributed by atoms with E-state index in [-0.39, 0.29) is 5.92 Å². The molecule has 1 saturated heterocycles. The summed E-state index contributed by atoms with van der Waals surface area (Å²) in [5, 5.41) is 5.19. The monoisotopic (exact) mass is 391 g/mol. The Morgan fingerprint density at radius 3 is 2.68 bits per heavy atom. The fourth-order valence-electron chi connectivity index (χ4n) is 3.69. The molecule has 1 aromatic carbocycles. The number of nitrogens with zero attached hydrogens (tertiary/aromatic N) is 1. The summed E-state index contributed by atoms with van der Waals surface area (Å²) in [4.78, 5) is 49.7. The number of amides is 4. The van der Waals surface area contributed by atoms with Crippen LogP contribution in [0.5, 0.6) is 0 Å². The Hall–Kier alpha value is -2.97. The van der Waals surface area contributed by atoms with Gasteiger partial charge in [-0.1, -0.05) is 19.8 Å². The first-order valence-corrected chi connectivity index (χ1v) is 9.17. The molecule has 0 aromatic heterocycles. The van der Waals surface area contributed by atoms with Crippen molar-refractivity contribution in [3.63, 3.8) is 0 Å². The molecule has 1 spiro atoms. The topological polar surface area (TPSA) is 105 Å². The summed E-state index contributed by atoms with van der Waals surface area (Å²) in [6, 6.07) is 4.48. The minimum absolute atomic E-state index is 0.0137. The van der Waals surface area contributed by atoms with Crippen molar-refractivity contribution in [3.8, 4) is 0 Å². The summed E-state index contributed by atoms with van der Waals surface area (Å²) >= 11 is 0. The highest BCUT2D eigenvalue weighted by molar-refractivity contribution is 6.09. The minimum atomic E-state index is -0.949. The van der Waals surface area contributed by atoms with E-state index in [2.05, 4.69) is 10.6 Å². The lowest BCUT2D eigenvalue weighted by Crippen LogP contribution is -2.54. The number of urea groups is 1. The summed E-state index contributed by atoms with van der Waals surface area (Å²) in [7, 11) is 0. The van der Waals surface area contributed by atoms with Crippen molar-refractivity contribution < 1.29 is 28.3 Å². The lowest BCUT2D eigenvalue weighted by atomic mass is 9.73. The zero-order valence-electron chi connectivity index (χ0n) is 15.5. The molecule has 0 unspecified atom stereocenters. The number of anilines is 1. The highest BCUT2D eigenvalue weighted by Gasteiger charge is 2.55. The first-order valence-electron chi connectivity index (χ1n) is 9.17. The second-order valence-corrected chi connectivity index (χ2v) is 7.16. The molecular formula is C19H22FN3O5. The Balaban J connectivity index is 1.51. The average molecular weight is 391 g/mol. The van der Waals surface area contributed by atoms with Crippen LogP contribution in [0.1, 0.15) is 32.6 Å². The SMILES string of the molecule is C[C@H]1CCCC[C@]12NC(=O)N(CC(=O)OCC(=O)Nc1ccc(F)cc1)C2=O. The highest BCUT2D eigenvalue weighted by atomic mass is 19.1. The van der Waals surface area contributed by atoms with Crippen molar-refractivity contribution in [1.82, 2.24) is 10.2 Å². The Kier molecular flexibility index (Phi) is 5.62. The van der Waals surface area contributed by atoms with Crippen LogP contribution >= 0.6 is 0 Å². The number of hydrogen-bond acceptors (Lipinski definition) is 5. The van der Waals surface area contributed by atoms with E-state index >= 15 is 0 Å². The number of nitrogens with one attached hydrogen (secondary N) is 2. The number of esters is 1. The van der Waals surface area contributed by atoms with E-state index in [1.54, 1.807) is 0 Å². The molecule has 8 nitrogen and oxygen atoms in total. The minimum Gasteiger partial charge on any atom is -0.454 e. The van der Waals surface area contributed by atoms with Gasteiger partial charge in [0.2, 0.25) is 0 Å². The average Bonchev–Trinajstić information content (AvgIpc) is 2.89. The molecule has 0 radical (unpaired) electrons. The molecule has 2 aliphatic rings. The number of ether oxygens (including phenoxy) is 1. The van der Waals surface area contributed by atoms with Crippen molar-refractivity contribution in [2.75, 3.05) is 18.5 Å². The fraction of sp³-hybridized carbons (Fsp3) is 0.474. The molecule has 1 aliphatic heterocycles. The molecule has 2 fully saturated rings. The normalized spacial score (nSPS) is 24.2. The second-order valence-electron chi connectivity index (χ2n) is 7.16. The summed E-state index contributed by atoms with van der Waals surface area (Å²) in [6.45, 7) is 0.781. The number of rotatable bonds is 5. The number of carbonyl (C=O) groups is 4. The lowest BCUT2D eigenvalue weighted by Gasteiger charge is -2.36. The van der Waals surface area contributed by atoms with Gasteiger partial charge in [0.05, 0.1) is 0 Å². The highest BCUT2D eigenvalue weighted by Crippen LogP contribution is 2.38. The van der Waals surface area contributed by atoms with Crippen molar-refractivity contribution >= 4 is 29.5 Å². The van der Waals surface area contributed by atoms with E-state index in [1.807, 2.05) is 6.92 Å². The van der Waals surface area contributed by atoms with Gasteiger partial charge in [-0.3, -0.25) is 19.3 Å². The second kappa shape index (κ2) is 7.95. The standard InChI is InChI=1S/C19H22FN3O5/c1-12-4-2-3-9-19(12)17(26)23(18(27)22-19)10-16(25)28-11-15(24)21-14-7-5-13(20)6-8-14/h5-8,12H,2-4,9-11H2,1H3,(H,21,24)(H,22,27)/t12-,19-/m0/s1. The van der Waals surface area contributed by atoms with E-state index in [0.717, 1.165) is 24.2 Å². The van der Waals surface area contributed by atoms with Crippen LogP contribution in [0.2, 0.25) is 0 Å². The summed E-state index contributed by atoms with van der Waals surface area (Å²) in [5.74, 6) is -2.35. The van der Waals surface area contributed by atoms with Gasteiger partial charge >= 0.3 is 12.0 Å². The van der Waals surface area contributed by atoms with E-state index in [0.29, 0.717) is 12.1 Å². The number of benzene rings is 1. The van der Waals surface area contributed by atoms with Gasteiger partial charge in [-0.15, -0.1) is 0 Å². The predicted molar refractivity (Wildman–Crippen MR) is 96.6 cm³/mol. The summed E-state index contributed by atoms with van der Waals surface area (Å²) in [5.41, 5.74) is -0.597. The number of imide groups is 1. The van der Waals surface area contributed by atoms with E-state index < -0.39 is 48.3 Å². The van der Waals surface area contributed by atoms with E-state index in [9.17, 15) is 23.6 Å². The molecule has 1 saturated carbocycles.